The standard InChI is InChI=1S/C26H23FN4O5/c1-15-22(25-29-24(30-36-25)16-6-9-18(27)10-7-16)23(17-8-11-20(33-2)21(13-17)34-3)28-26(32)31(15)14-19-5-4-12-35-19/h4-13,23H,14H2,1-3H3,(H,28,32). The van der Waals surface area contributed by atoms with Crippen LogP contribution in [0.4, 0.5) is 9.18 Å². The summed E-state index contributed by atoms with van der Waals surface area (Å²) in [6.07, 6.45) is 1.55. The molecule has 0 saturated carbocycles. The Labute approximate surface area is 206 Å². The van der Waals surface area contributed by atoms with Crippen LogP contribution in [0.5, 0.6) is 11.5 Å². The van der Waals surface area contributed by atoms with E-state index in [4.69, 9.17) is 18.4 Å². The highest BCUT2D eigenvalue weighted by atomic mass is 19.1. The van der Waals surface area contributed by atoms with E-state index < -0.39 is 6.04 Å². The minimum atomic E-state index is -0.619. The Morgan fingerprint density at radius 3 is 2.56 bits per heavy atom. The van der Waals surface area contributed by atoms with Gasteiger partial charge in [-0.15, -0.1) is 0 Å². The third-order valence-electron chi connectivity index (χ3n) is 5.99. The molecule has 2 aromatic carbocycles. The van der Waals surface area contributed by atoms with Crippen molar-refractivity contribution >= 4 is 11.6 Å². The smallest absolute Gasteiger partial charge is 0.322 e. The quantitative estimate of drug-likeness (QED) is 0.381. The Bertz CT molecular complexity index is 1410. The molecule has 36 heavy (non-hydrogen) atoms. The van der Waals surface area contributed by atoms with Crippen LogP contribution in [-0.2, 0) is 6.54 Å². The van der Waals surface area contributed by atoms with Crippen molar-refractivity contribution in [3.63, 3.8) is 0 Å². The summed E-state index contributed by atoms with van der Waals surface area (Å²) in [7, 11) is 3.10. The first-order valence-corrected chi connectivity index (χ1v) is 11.1. The number of benzene rings is 2. The Morgan fingerprint density at radius 2 is 1.86 bits per heavy atom. The predicted molar refractivity (Wildman–Crippen MR) is 127 cm³/mol. The number of nitrogens with zero attached hydrogens (tertiary/aromatic N) is 3. The van der Waals surface area contributed by atoms with Crippen molar-refractivity contribution in [3.8, 4) is 22.9 Å². The molecule has 3 heterocycles. The lowest BCUT2D eigenvalue weighted by molar-refractivity contribution is 0.199. The lowest BCUT2D eigenvalue weighted by atomic mass is 9.94. The number of rotatable bonds is 7. The molecule has 1 unspecified atom stereocenters. The summed E-state index contributed by atoms with van der Waals surface area (Å²) in [5.74, 6) is 1.84. The summed E-state index contributed by atoms with van der Waals surface area (Å²) in [6, 6.07) is 13.8. The zero-order chi connectivity index (χ0) is 25.2. The number of methoxy groups -OCH3 is 2. The number of nitrogens with one attached hydrogen (secondary N) is 1. The molecule has 10 heteroatoms. The van der Waals surface area contributed by atoms with Crippen molar-refractivity contribution in [1.29, 1.82) is 0 Å². The van der Waals surface area contributed by atoms with Crippen molar-refractivity contribution in [2.45, 2.75) is 19.5 Å². The Kier molecular flexibility index (Phi) is 6.16. The van der Waals surface area contributed by atoms with Gasteiger partial charge in [0.05, 0.1) is 38.6 Å². The van der Waals surface area contributed by atoms with Gasteiger partial charge in [0.15, 0.2) is 11.5 Å². The van der Waals surface area contributed by atoms with Crippen molar-refractivity contribution < 1.29 is 27.6 Å². The van der Waals surface area contributed by atoms with Gasteiger partial charge in [-0.05, 0) is 61.0 Å². The van der Waals surface area contributed by atoms with E-state index in [0.29, 0.717) is 39.9 Å². The van der Waals surface area contributed by atoms with Crippen LogP contribution >= 0.6 is 0 Å². The van der Waals surface area contributed by atoms with E-state index in [1.54, 1.807) is 61.8 Å². The van der Waals surface area contributed by atoms with Crippen LogP contribution in [0.2, 0.25) is 0 Å². The van der Waals surface area contributed by atoms with Gasteiger partial charge in [0.25, 0.3) is 5.89 Å². The number of urea groups is 1. The number of carbonyl (C=O) groups excluding carboxylic acids is 1. The molecule has 184 valence electrons. The van der Waals surface area contributed by atoms with Gasteiger partial charge in [0.2, 0.25) is 5.82 Å². The number of allylic oxidation sites excluding steroid dienone is 1. The van der Waals surface area contributed by atoms with Crippen LogP contribution in [-0.4, -0.2) is 35.3 Å². The highest BCUT2D eigenvalue weighted by Crippen LogP contribution is 2.40. The molecule has 0 fully saturated rings. The summed E-state index contributed by atoms with van der Waals surface area (Å²) >= 11 is 0. The van der Waals surface area contributed by atoms with Gasteiger partial charge < -0.3 is 23.7 Å². The third-order valence-corrected chi connectivity index (χ3v) is 5.99. The van der Waals surface area contributed by atoms with E-state index in [2.05, 4.69) is 15.5 Å². The van der Waals surface area contributed by atoms with Gasteiger partial charge >= 0.3 is 6.03 Å². The zero-order valence-electron chi connectivity index (χ0n) is 19.8. The first-order chi connectivity index (χ1) is 17.5. The molecule has 9 nitrogen and oxygen atoms in total. The second-order valence-electron chi connectivity index (χ2n) is 8.09. The van der Waals surface area contributed by atoms with Crippen LogP contribution in [0.15, 0.2) is 75.5 Å². The number of furan rings is 1. The van der Waals surface area contributed by atoms with Crippen LogP contribution in [0.1, 0.15) is 30.2 Å². The van der Waals surface area contributed by atoms with Gasteiger partial charge in [-0.2, -0.15) is 4.98 Å². The molecule has 0 bridgehead atoms. The van der Waals surface area contributed by atoms with Crippen molar-refractivity contribution in [2.24, 2.45) is 0 Å². The lowest BCUT2D eigenvalue weighted by Gasteiger charge is -2.34. The van der Waals surface area contributed by atoms with Crippen LogP contribution in [0, 0.1) is 5.82 Å². The van der Waals surface area contributed by atoms with Crippen molar-refractivity contribution in [3.05, 3.63) is 89.6 Å². The number of hydrogen-bond acceptors (Lipinski definition) is 7. The summed E-state index contributed by atoms with van der Waals surface area (Å²) < 4.78 is 35.3. The molecule has 0 aliphatic carbocycles. The molecule has 0 spiro atoms. The second kappa shape index (κ2) is 9.57. The van der Waals surface area contributed by atoms with Crippen molar-refractivity contribution in [2.75, 3.05) is 14.2 Å². The van der Waals surface area contributed by atoms with Gasteiger partial charge in [-0.25, -0.2) is 9.18 Å². The minimum Gasteiger partial charge on any atom is -0.493 e. The first kappa shape index (κ1) is 23.2. The lowest BCUT2D eigenvalue weighted by Crippen LogP contribution is -2.45. The normalized spacial score (nSPS) is 15.7. The highest BCUT2D eigenvalue weighted by molar-refractivity contribution is 5.87. The topological polar surface area (TPSA) is 103 Å². The maximum atomic E-state index is 13.4. The van der Waals surface area contributed by atoms with Gasteiger partial charge in [-0.1, -0.05) is 11.2 Å². The maximum Gasteiger partial charge on any atom is 0.322 e. The average molecular weight is 490 g/mol. The van der Waals surface area contributed by atoms with Crippen LogP contribution in [0.3, 0.4) is 0 Å². The Morgan fingerprint density at radius 1 is 1.08 bits per heavy atom. The molecule has 1 N–H and O–H groups in total. The highest BCUT2D eigenvalue weighted by Gasteiger charge is 2.36. The van der Waals surface area contributed by atoms with E-state index in [-0.39, 0.29) is 24.3 Å². The zero-order valence-corrected chi connectivity index (χ0v) is 19.8. The van der Waals surface area contributed by atoms with Gasteiger partial charge in [-0.3, -0.25) is 4.90 Å². The SMILES string of the molecule is COc1ccc(C2NC(=O)N(Cc3ccco3)C(C)=C2c2nc(-c3ccc(F)cc3)no2)cc1OC. The van der Waals surface area contributed by atoms with E-state index in [0.717, 1.165) is 5.56 Å². The molecule has 4 aromatic rings. The van der Waals surface area contributed by atoms with E-state index in [1.807, 2.05) is 13.0 Å². The minimum absolute atomic E-state index is 0.214. The predicted octanol–water partition coefficient (Wildman–Crippen LogP) is 5.18. The van der Waals surface area contributed by atoms with Crippen LogP contribution < -0.4 is 14.8 Å². The summed E-state index contributed by atoms with van der Waals surface area (Å²) in [5, 5.41) is 7.13. The molecule has 0 radical (unpaired) electrons. The fourth-order valence-corrected chi connectivity index (χ4v) is 4.14. The number of amides is 2. The monoisotopic (exact) mass is 490 g/mol. The molecule has 1 aliphatic rings. The molecule has 2 amide bonds. The molecule has 1 atom stereocenters. The molecular formula is C26H23FN4O5. The van der Waals surface area contributed by atoms with Crippen molar-refractivity contribution in [1.82, 2.24) is 20.4 Å². The summed E-state index contributed by atoms with van der Waals surface area (Å²) in [5.41, 5.74) is 2.55. The van der Waals surface area contributed by atoms with Gasteiger partial charge in [0.1, 0.15) is 11.6 Å². The first-order valence-electron chi connectivity index (χ1n) is 11.1. The van der Waals surface area contributed by atoms with E-state index >= 15 is 0 Å². The molecule has 1 aliphatic heterocycles. The molecule has 0 saturated heterocycles. The van der Waals surface area contributed by atoms with E-state index in [9.17, 15) is 9.18 Å². The fourth-order valence-electron chi connectivity index (χ4n) is 4.14. The molecular weight excluding hydrogens is 467 g/mol. The molecule has 5 rings (SSSR count). The third kappa shape index (κ3) is 4.28. The van der Waals surface area contributed by atoms with Gasteiger partial charge in [0, 0.05) is 11.3 Å². The number of halogens is 1. The number of aromatic nitrogens is 2. The number of carbonyl (C=O) groups is 1. The Hall–Kier alpha value is -4.60. The second-order valence-corrected chi connectivity index (χ2v) is 8.09. The van der Waals surface area contributed by atoms with Crippen LogP contribution in [0.25, 0.3) is 17.0 Å². The largest absolute Gasteiger partial charge is 0.493 e. The average Bonchev–Trinajstić information content (AvgIpc) is 3.59. The number of ether oxygens (including phenoxy) is 2. The summed E-state index contributed by atoms with van der Waals surface area (Å²) in [6.45, 7) is 2.03. The Balaban J connectivity index is 1.61. The number of hydrogen-bond donors (Lipinski definition) is 1. The molecule has 2 aromatic heterocycles. The summed E-state index contributed by atoms with van der Waals surface area (Å²) in [4.78, 5) is 19.3. The fraction of sp³-hybridized carbons (Fsp3) is 0.192. The van der Waals surface area contributed by atoms with E-state index in [1.165, 1.54) is 12.1 Å². The maximum absolute atomic E-state index is 13.4.